The number of carbonyl (C=O) groups is 2. The molecule has 0 fully saturated rings. The highest BCUT2D eigenvalue weighted by Crippen LogP contribution is 2.06. The van der Waals surface area contributed by atoms with Crippen LogP contribution in [0.25, 0.3) is 0 Å². The van der Waals surface area contributed by atoms with E-state index in [0.29, 0.717) is 0 Å². The van der Waals surface area contributed by atoms with Gasteiger partial charge in [-0.05, 0) is 12.1 Å². The van der Waals surface area contributed by atoms with E-state index in [9.17, 15) is 14.0 Å². The Morgan fingerprint density at radius 2 is 2.12 bits per heavy atom. The van der Waals surface area contributed by atoms with Gasteiger partial charge in [0.2, 0.25) is 5.91 Å². The van der Waals surface area contributed by atoms with Gasteiger partial charge in [-0.15, -0.1) is 12.3 Å². The SMILES string of the molecule is C#CC[C@@H](NC(=O)c1ccccc1F)C(N)=O. The molecule has 88 valence electrons. The van der Waals surface area contributed by atoms with Crippen molar-refractivity contribution < 1.29 is 14.0 Å². The van der Waals surface area contributed by atoms with Crippen LogP contribution < -0.4 is 11.1 Å². The van der Waals surface area contributed by atoms with Crippen LogP contribution in [0, 0.1) is 18.2 Å². The minimum atomic E-state index is -0.993. The number of amides is 2. The maximum atomic E-state index is 13.3. The highest BCUT2D eigenvalue weighted by Gasteiger charge is 2.19. The summed E-state index contributed by atoms with van der Waals surface area (Å²) >= 11 is 0. The van der Waals surface area contributed by atoms with Gasteiger partial charge in [0.05, 0.1) is 5.56 Å². The highest BCUT2D eigenvalue weighted by molar-refractivity contribution is 5.97. The molecule has 0 saturated carbocycles. The number of hydrogen-bond acceptors (Lipinski definition) is 2. The molecule has 2 amide bonds. The average Bonchev–Trinajstić information content (AvgIpc) is 2.28. The van der Waals surface area contributed by atoms with Crippen molar-refractivity contribution in [2.45, 2.75) is 12.5 Å². The average molecular weight is 234 g/mol. The van der Waals surface area contributed by atoms with Crippen molar-refractivity contribution in [2.24, 2.45) is 5.73 Å². The van der Waals surface area contributed by atoms with Crippen LogP contribution >= 0.6 is 0 Å². The monoisotopic (exact) mass is 234 g/mol. The molecule has 0 aliphatic rings. The number of halogens is 1. The zero-order valence-electron chi connectivity index (χ0n) is 8.94. The standard InChI is InChI=1S/C12H11FN2O2/c1-2-5-10(11(14)16)15-12(17)8-6-3-4-7-9(8)13/h1,3-4,6-7,10H,5H2,(H2,14,16)(H,15,17)/t10-/m1/s1. The fraction of sp³-hybridized carbons (Fsp3) is 0.167. The molecule has 0 radical (unpaired) electrons. The van der Waals surface area contributed by atoms with Crippen LogP contribution in [-0.4, -0.2) is 17.9 Å². The third-order valence-electron chi connectivity index (χ3n) is 2.09. The number of nitrogens with one attached hydrogen (secondary N) is 1. The van der Waals surface area contributed by atoms with Gasteiger partial charge in [-0.3, -0.25) is 9.59 Å². The second kappa shape index (κ2) is 5.66. The Balaban J connectivity index is 2.82. The topological polar surface area (TPSA) is 72.2 Å². The summed E-state index contributed by atoms with van der Waals surface area (Å²) in [5.74, 6) is 0.0619. The van der Waals surface area contributed by atoms with E-state index in [1.807, 2.05) is 0 Å². The molecule has 3 N–H and O–H groups in total. The third-order valence-corrected chi connectivity index (χ3v) is 2.09. The molecule has 4 nitrogen and oxygen atoms in total. The molecule has 1 aromatic carbocycles. The number of benzene rings is 1. The fourth-order valence-corrected chi connectivity index (χ4v) is 1.22. The molecule has 1 aromatic rings. The smallest absolute Gasteiger partial charge is 0.254 e. The molecule has 0 spiro atoms. The second-order valence-corrected chi connectivity index (χ2v) is 3.32. The fourth-order valence-electron chi connectivity index (χ4n) is 1.22. The lowest BCUT2D eigenvalue weighted by Crippen LogP contribution is -2.44. The quantitative estimate of drug-likeness (QED) is 0.742. The second-order valence-electron chi connectivity index (χ2n) is 3.32. The molecule has 1 rings (SSSR count). The van der Waals surface area contributed by atoms with E-state index in [0.717, 1.165) is 6.07 Å². The minimum absolute atomic E-state index is 0.0322. The lowest BCUT2D eigenvalue weighted by atomic mass is 10.1. The zero-order valence-corrected chi connectivity index (χ0v) is 8.94. The predicted molar refractivity (Wildman–Crippen MR) is 60.3 cm³/mol. The van der Waals surface area contributed by atoms with Gasteiger partial charge in [0.15, 0.2) is 0 Å². The van der Waals surface area contributed by atoms with Crippen molar-refractivity contribution in [2.75, 3.05) is 0 Å². The molecule has 1 atom stereocenters. The van der Waals surface area contributed by atoms with Crippen molar-refractivity contribution in [1.82, 2.24) is 5.32 Å². The van der Waals surface area contributed by atoms with Gasteiger partial charge in [-0.1, -0.05) is 12.1 Å². The third kappa shape index (κ3) is 3.31. The maximum Gasteiger partial charge on any atom is 0.254 e. The van der Waals surface area contributed by atoms with Crippen LogP contribution in [0.5, 0.6) is 0 Å². The molecular weight excluding hydrogens is 223 g/mol. The molecular formula is C12H11FN2O2. The molecule has 0 aliphatic carbocycles. The lowest BCUT2D eigenvalue weighted by Gasteiger charge is -2.12. The molecule has 0 aliphatic heterocycles. The van der Waals surface area contributed by atoms with Crippen LogP contribution in [-0.2, 0) is 4.79 Å². The van der Waals surface area contributed by atoms with Crippen LogP contribution in [0.1, 0.15) is 16.8 Å². The Kier molecular flexibility index (Phi) is 4.23. The van der Waals surface area contributed by atoms with Gasteiger partial charge >= 0.3 is 0 Å². The van der Waals surface area contributed by atoms with Gasteiger partial charge in [0.25, 0.3) is 5.91 Å². The summed E-state index contributed by atoms with van der Waals surface area (Å²) in [4.78, 5) is 22.6. The summed E-state index contributed by atoms with van der Waals surface area (Å²) in [6, 6.07) is 4.43. The van der Waals surface area contributed by atoms with E-state index < -0.39 is 23.7 Å². The van der Waals surface area contributed by atoms with Crippen LogP contribution in [0.2, 0.25) is 0 Å². The van der Waals surface area contributed by atoms with E-state index in [-0.39, 0.29) is 12.0 Å². The number of terminal acetylenes is 1. The van der Waals surface area contributed by atoms with Gasteiger partial charge in [0, 0.05) is 6.42 Å². The highest BCUT2D eigenvalue weighted by atomic mass is 19.1. The summed E-state index contributed by atoms with van der Waals surface area (Å²) in [7, 11) is 0. The van der Waals surface area contributed by atoms with Crippen molar-refractivity contribution in [1.29, 1.82) is 0 Å². The maximum absolute atomic E-state index is 13.3. The molecule has 17 heavy (non-hydrogen) atoms. The van der Waals surface area contributed by atoms with E-state index in [1.54, 1.807) is 0 Å². The van der Waals surface area contributed by atoms with E-state index in [2.05, 4.69) is 11.2 Å². The number of rotatable bonds is 4. The first-order valence-electron chi connectivity index (χ1n) is 4.84. The van der Waals surface area contributed by atoms with Crippen LogP contribution in [0.15, 0.2) is 24.3 Å². The van der Waals surface area contributed by atoms with Crippen LogP contribution in [0.4, 0.5) is 4.39 Å². The summed E-state index contributed by atoms with van der Waals surface area (Å²) in [6.07, 6.45) is 5.00. The molecule has 0 bridgehead atoms. The Morgan fingerprint density at radius 3 is 2.65 bits per heavy atom. The van der Waals surface area contributed by atoms with E-state index in [1.165, 1.54) is 18.2 Å². The summed E-state index contributed by atoms with van der Waals surface area (Å²) in [5.41, 5.74) is 4.89. The van der Waals surface area contributed by atoms with E-state index in [4.69, 9.17) is 12.2 Å². The van der Waals surface area contributed by atoms with Crippen molar-refractivity contribution in [3.05, 3.63) is 35.6 Å². The van der Waals surface area contributed by atoms with Crippen molar-refractivity contribution in [3.8, 4) is 12.3 Å². The number of hydrogen-bond donors (Lipinski definition) is 2. The minimum Gasteiger partial charge on any atom is -0.368 e. The predicted octanol–water partition coefficient (Wildman–Crippen LogP) is 0.433. The van der Waals surface area contributed by atoms with Crippen molar-refractivity contribution >= 4 is 11.8 Å². The normalized spacial score (nSPS) is 11.3. The van der Waals surface area contributed by atoms with Crippen molar-refractivity contribution in [3.63, 3.8) is 0 Å². The largest absolute Gasteiger partial charge is 0.368 e. The van der Waals surface area contributed by atoms with E-state index >= 15 is 0 Å². The molecule has 0 saturated heterocycles. The number of nitrogens with two attached hydrogens (primary N) is 1. The summed E-state index contributed by atoms with van der Waals surface area (Å²) in [5, 5.41) is 2.28. The number of carbonyl (C=O) groups excluding carboxylic acids is 2. The first-order valence-corrected chi connectivity index (χ1v) is 4.84. The Morgan fingerprint density at radius 1 is 1.47 bits per heavy atom. The lowest BCUT2D eigenvalue weighted by molar-refractivity contribution is -0.119. The van der Waals surface area contributed by atoms with Gasteiger partial charge < -0.3 is 11.1 Å². The molecule has 0 unspecified atom stereocenters. The molecule has 0 heterocycles. The van der Waals surface area contributed by atoms with Gasteiger partial charge in [-0.25, -0.2) is 4.39 Å². The Labute approximate surface area is 98.0 Å². The van der Waals surface area contributed by atoms with Gasteiger partial charge in [0.1, 0.15) is 11.9 Å². The van der Waals surface area contributed by atoms with Gasteiger partial charge in [-0.2, -0.15) is 0 Å². The number of primary amides is 1. The molecule has 0 aromatic heterocycles. The first kappa shape index (κ1) is 12.7. The van der Waals surface area contributed by atoms with Crippen LogP contribution in [0.3, 0.4) is 0 Å². The molecule has 5 heteroatoms. The first-order chi connectivity index (χ1) is 8.06. The Bertz CT molecular complexity index is 480. The Hall–Kier alpha value is -2.35. The zero-order chi connectivity index (χ0) is 12.8. The summed E-state index contributed by atoms with van der Waals surface area (Å²) < 4.78 is 13.3. The summed E-state index contributed by atoms with van der Waals surface area (Å²) in [6.45, 7) is 0.